The number of rotatable bonds is 2. The molecule has 18 heavy (non-hydrogen) atoms. The summed E-state index contributed by atoms with van der Waals surface area (Å²) in [6.45, 7) is 0. The van der Waals surface area contributed by atoms with Crippen molar-refractivity contribution >= 4 is 23.1 Å². The van der Waals surface area contributed by atoms with E-state index in [1.54, 1.807) is 6.07 Å². The zero-order valence-electron chi connectivity index (χ0n) is 10.00. The highest BCUT2D eigenvalue weighted by molar-refractivity contribution is 6.51. The molecule has 0 bridgehead atoms. The Labute approximate surface area is 104 Å². The van der Waals surface area contributed by atoms with Crippen molar-refractivity contribution in [1.29, 1.82) is 0 Å². The van der Waals surface area contributed by atoms with Gasteiger partial charge in [0.1, 0.15) is 5.82 Å². The molecule has 1 saturated carbocycles. The minimum absolute atomic E-state index is 0.128. The number of ketones is 1. The van der Waals surface area contributed by atoms with Crippen LogP contribution < -0.4 is 10.2 Å². The summed E-state index contributed by atoms with van der Waals surface area (Å²) in [7, 11) is 1.84. The molecule has 4 nitrogen and oxygen atoms in total. The van der Waals surface area contributed by atoms with Crippen molar-refractivity contribution < 1.29 is 14.0 Å². The van der Waals surface area contributed by atoms with E-state index in [0.29, 0.717) is 17.4 Å². The first-order valence-electron chi connectivity index (χ1n) is 6.00. The van der Waals surface area contributed by atoms with E-state index in [-0.39, 0.29) is 5.56 Å². The minimum atomic E-state index is -0.687. The Hall–Kier alpha value is -1.91. The van der Waals surface area contributed by atoms with Crippen molar-refractivity contribution in [2.45, 2.75) is 25.3 Å². The molecule has 1 aromatic carbocycles. The third kappa shape index (κ3) is 1.50. The number of benzene rings is 1. The van der Waals surface area contributed by atoms with Gasteiger partial charge < -0.3 is 10.2 Å². The lowest BCUT2D eigenvalue weighted by Gasteiger charge is -2.36. The fraction of sp³-hybridized carbons (Fsp3) is 0.385. The van der Waals surface area contributed by atoms with E-state index in [9.17, 15) is 14.0 Å². The van der Waals surface area contributed by atoms with Gasteiger partial charge in [0.05, 0.1) is 16.9 Å². The molecule has 1 aromatic rings. The molecule has 5 heteroatoms. The summed E-state index contributed by atoms with van der Waals surface area (Å²) >= 11 is 0. The lowest BCUT2D eigenvalue weighted by molar-refractivity contribution is -0.112. The number of carbonyl (C=O) groups excluding carboxylic acids is 2. The number of Topliss-reactive ketones (excluding diaryl/α,β-unsaturated/α-hetero) is 1. The molecule has 1 fully saturated rings. The number of nitrogens with one attached hydrogen (secondary N) is 1. The van der Waals surface area contributed by atoms with Crippen LogP contribution in [0.2, 0.25) is 0 Å². The van der Waals surface area contributed by atoms with Gasteiger partial charge in [0.15, 0.2) is 0 Å². The summed E-state index contributed by atoms with van der Waals surface area (Å²) in [6.07, 6.45) is 3.27. The normalized spacial score (nSPS) is 18.3. The second-order valence-electron chi connectivity index (χ2n) is 4.83. The van der Waals surface area contributed by atoms with Crippen LogP contribution in [0.25, 0.3) is 0 Å². The Morgan fingerprint density at radius 1 is 1.33 bits per heavy atom. The predicted octanol–water partition coefficient (Wildman–Crippen LogP) is 1.95. The highest BCUT2D eigenvalue weighted by atomic mass is 19.1. The summed E-state index contributed by atoms with van der Waals surface area (Å²) in [6, 6.07) is 3.05. The molecule has 94 valence electrons. The number of halogens is 1. The summed E-state index contributed by atoms with van der Waals surface area (Å²) in [5.74, 6) is -1.80. The maximum atomic E-state index is 14.0. The first-order chi connectivity index (χ1) is 8.58. The Kier molecular flexibility index (Phi) is 2.36. The molecule has 1 N–H and O–H groups in total. The molecular weight excluding hydrogens is 235 g/mol. The van der Waals surface area contributed by atoms with E-state index in [4.69, 9.17) is 0 Å². The van der Waals surface area contributed by atoms with Crippen LogP contribution in [0.4, 0.5) is 15.8 Å². The molecule has 0 atom stereocenters. The van der Waals surface area contributed by atoms with Crippen LogP contribution >= 0.6 is 0 Å². The second-order valence-corrected chi connectivity index (χ2v) is 4.83. The SMILES string of the molecule is CN(c1cc2c(cc1F)C(=O)C(=O)N2)C1CCC1. The first kappa shape index (κ1) is 11.2. The summed E-state index contributed by atoms with van der Waals surface area (Å²) in [4.78, 5) is 24.5. The molecule has 3 rings (SSSR count). The molecule has 0 unspecified atom stereocenters. The molecule has 1 amide bonds. The maximum Gasteiger partial charge on any atom is 0.296 e. The van der Waals surface area contributed by atoms with E-state index in [1.807, 2.05) is 11.9 Å². The van der Waals surface area contributed by atoms with Gasteiger partial charge in [-0.25, -0.2) is 4.39 Å². The molecule has 1 aliphatic heterocycles. The van der Waals surface area contributed by atoms with Crippen molar-refractivity contribution in [3.05, 3.63) is 23.5 Å². The van der Waals surface area contributed by atoms with Crippen molar-refractivity contribution in [2.24, 2.45) is 0 Å². The topological polar surface area (TPSA) is 49.4 Å². The monoisotopic (exact) mass is 248 g/mol. The van der Waals surface area contributed by atoms with Gasteiger partial charge in [0.25, 0.3) is 11.7 Å². The minimum Gasteiger partial charge on any atom is -0.369 e. The van der Waals surface area contributed by atoms with Gasteiger partial charge in [0.2, 0.25) is 0 Å². The standard InChI is InChI=1S/C13H13FN2O2/c1-16(7-3-2-4-7)11-6-10-8(5-9(11)14)12(17)13(18)15-10/h5-7H,2-4H2,1H3,(H,15,17,18). The fourth-order valence-electron chi connectivity index (χ4n) is 2.40. The number of nitrogens with zero attached hydrogens (tertiary/aromatic N) is 1. The van der Waals surface area contributed by atoms with Gasteiger partial charge in [-0.2, -0.15) is 0 Å². The smallest absolute Gasteiger partial charge is 0.296 e. The largest absolute Gasteiger partial charge is 0.369 e. The summed E-state index contributed by atoms with van der Waals surface area (Å²) in [5.41, 5.74) is 0.976. The van der Waals surface area contributed by atoms with Crippen molar-refractivity contribution in [2.75, 3.05) is 17.3 Å². The van der Waals surface area contributed by atoms with Crippen LogP contribution in [-0.4, -0.2) is 24.8 Å². The number of amides is 1. The third-order valence-corrected chi connectivity index (χ3v) is 3.79. The quantitative estimate of drug-likeness (QED) is 0.814. The van der Waals surface area contributed by atoms with Gasteiger partial charge >= 0.3 is 0 Å². The fourth-order valence-corrected chi connectivity index (χ4v) is 2.40. The van der Waals surface area contributed by atoms with Crippen LogP contribution in [0.5, 0.6) is 0 Å². The van der Waals surface area contributed by atoms with Crippen LogP contribution in [-0.2, 0) is 4.79 Å². The van der Waals surface area contributed by atoms with Gasteiger partial charge in [-0.3, -0.25) is 9.59 Å². The van der Waals surface area contributed by atoms with Crippen molar-refractivity contribution in [3.63, 3.8) is 0 Å². The lowest BCUT2D eigenvalue weighted by atomic mass is 9.91. The van der Waals surface area contributed by atoms with Crippen molar-refractivity contribution in [3.8, 4) is 0 Å². The second kappa shape index (κ2) is 3.80. The zero-order valence-corrected chi connectivity index (χ0v) is 10.00. The van der Waals surface area contributed by atoms with Crippen LogP contribution in [0, 0.1) is 5.82 Å². The third-order valence-electron chi connectivity index (χ3n) is 3.79. The van der Waals surface area contributed by atoms with Gasteiger partial charge in [-0.15, -0.1) is 0 Å². The summed E-state index contributed by atoms with van der Waals surface area (Å²) < 4.78 is 14.0. The molecule has 0 spiro atoms. The van der Waals surface area contributed by atoms with Gasteiger partial charge in [-0.1, -0.05) is 0 Å². The maximum absolute atomic E-state index is 14.0. The van der Waals surface area contributed by atoms with E-state index >= 15 is 0 Å². The predicted molar refractivity (Wildman–Crippen MR) is 65.4 cm³/mol. The molecule has 2 aliphatic rings. The average molecular weight is 248 g/mol. The zero-order chi connectivity index (χ0) is 12.9. The van der Waals surface area contributed by atoms with E-state index < -0.39 is 17.5 Å². The number of fused-ring (bicyclic) bond motifs is 1. The average Bonchev–Trinajstić information content (AvgIpc) is 2.52. The molecular formula is C13H13FN2O2. The number of anilines is 2. The van der Waals surface area contributed by atoms with Crippen LogP contribution in [0.15, 0.2) is 12.1 Å². The Bertz CT molecular complexity index is 552. The Morgan fingerprint density at radius 2 is 2.06 bits per heavy atom. The molecule has 1 aliphatic carbocycles. The lowest BCUT2D eigenvalue weighted by Crippen LogP contribution is -2.37. The van der Waals surface area contributed by atoms with E-state index in [2.05, 4.69) is 5.32 Å². The van der Waals surface area contributed by atoms with Crippen LogP contribution in [0.1, 0.15) is 29.6 Å². The van der Waals surface area contributed by atoms with Crippen molar-refractivity contribution in [1.82, 2.24) is 0 Å². The summed E-state index contributed by atoms with van der Waals surface area (Å²) in [5, 5.41) is 2.46. The van der Waals surface area contributed by atoms with Gasteiger partial charge in [0, 0.05) is 13.1 Å². The van der Waals surface area contributed by atoms with E-state index in [0.717, 1.165) is 25.3 Å². The van der Waals surface area contributed by atoms with Gasteiger partial charge in [-0.05, 0) is 31.4 Å². The Balaban J connectivity index is 2.00. The molecule has 1 heterocycles. The van der Waals surface area contributed by atoms with E-state index in [1.165, 1.54) is 0 Å². The first-order valence-corrected chi connectivity index (χ1v) is 6.00. The van der Waals surface area contributed by atoms with Crippen LogP contribution in [0.3, 0.4) is 0 Å². The number of hydrogen-bond acceptors (Lipinski definition) is 3. The molecule has 0 saturated heterocycles. The number of carbonyl (C=O) groups is 2. The highest BCUT2D eigenvalue weighted by Gasteiger charge is 2.31. The Morgan fingerprint density at radius 3 is 2.67 bits per heavy atom. The highest BCUT2D eigenvalue weighted by Crippen LogP contribution is 2.34. The number of hydrogen-bond donors (Lipinski definition) is 1. The molecule has 0 radical (unpaired) electrons. The molecule has 0 aromatic heterocycles.